The first-order chi connectivity index (χ1) is 9.58. The Balaban J connectivity index is 2.25. The van der Waals surface area contributed by atoms with E-state index in [1.807, 2.05) is 30.3 Å². The van der Waals surface area contributed by atoms with Crippen molar-refractivity contribution in [1.29, 1.82) is 0 Å². The highest BCUT2D eigenvalue weighted by atomic mass is 32.2. The van der Waals surface area contributed by atoms with Crippen LogP contribution >= 0.6 is 11.8 Å². The Kier molecular flexibility index (Phi) is 4.21. The molecule has 0 radical (unpaired) electrons. The van der Waals surface area contributed by atoms with E-state index in [0.717, 1.165) is 4.90 Å². The van der Waals surface area contributed by atoms with Crippen molar-refractivity contribution in [2.24, 2.45) is 0 Å². The fraction of sp³-hybridized carbons (Fsp3) is 0. The van der Waals surface area contributed by atoms with E-state index in [1.165, 1.54) is 18.0 Å². The van der Waals surface area contributed by atoms with Crippen LogP contribution in [-0.4, -0.2) is 32.2 Å². The zero-order chi connectivity index (χ0) is 14.5. The maximum absolute atomic E-state index is 11.0. The average Bonchev–Trinajstić information content (AvgIpc) is 2.88. The van der Waals surface area contributed by atoms with Gasteiger partial charge in [-0.3, -0.25) is 9.89 Å². The first-order valence-electron chi connectivity index (χ1n) is 5.52. The van der Waals surface area contributed by atoms with Crippen molar-refractivity contribution < 1.29 is 19.8 Å². The quantitative estimate of drug-likeness (QED) is 0.442. The second-order valence-electron chi connectivity index (χ2n) is 3.72. The first-order valence-corrected chi connectivity index (χ1v) is 6.34. The molecule has 0 saturated carbocycles. The third kappa shape index (κ3) is 3.27. The lowest BCUT2D eigenvalue weighted by Crippen LogP contribution is -2.09. The van der Waals surface area contributed by atoms with Crippen molar-refractivity contribution >= 4 is 29.3 Å². The van der Waals surface area contributed by atoms with Crippen molar-refractivity contribution in [1.82, 2.24) is 10.2 Å². The average molecular weight is 290 g/mol. The summed E-state index contributed by atoms with van der Waals surface area (Å²) < 4.78 is 0. The van der Waals surface area contributed by atoms with Crippen molar-refractivity contribution in [3.05, 3.63) is 48.3 Å². The molecule has 2 aromatic rings. The van der Waals surface area contributed by atoms with Crippen molar-refractivity contribution in [2.45, 2.75) is 9.79 Å². The number of aliphatic hydroxyl groups is 1. The Labute approximate surface area is 118 Å². The van der Waals surface area contributed by atoms with Crippen molar-refractivity contribution in [2.75, 3.05) is 0 Å². The minimum absolute atomic E-state index is 0.202. The highest BCUT2D eigenvalue weighted by Gasteiger charge is 2.15. The second-order valence-corrected chi connectivity index (χ2v) is 4.84. The number of nitrogens with zero attached hydrogens (tertiary/aromatic N) is 1. The molecule has 1 aromatic heterocycles. The normalized spacial score (nSPS) is 11.3. The number of ketones is 1. The Morgan fingerprint density at radius 1 is 1.20 bits per heavy atom. The Morgan fingerprint density at radius 3 is 2.55 bits per heavy atom. The summed E-state index contributed by atoms with van der Waals surface area (Å²) >= 11 is 1.33. The minimum Gasteiger partial charge on any atom is -0.506 e. The smallest absolute Gasteiger partial charge is 0.376 e. The van der Waals surface area contributed by atoms with Gasteiger partial charge in [-0.25, -0.2) is 4.79 Å². The van der Waals surface area contributed by atoms with Crippen LogP contribution in [0.2, 0.25) is 0 Å². The number of H-pyrrole nitrogens is 1. The summed E-state index contributed by atoms with van der Waals surface area (Å²) in [6.07, 6.45) is 2.13. The summed E-state index contributed by atoms with van der Waals surface area (Å²) in [6, 6.07) is 9.37. The summed E-state index contributed by atoms with van der Waals surface area (Å²) in [4.78, 5) is 23.0. The van der Waals surface area contributed by atoms with Gasteiger partial charge in [0.1, 0.15) is 11.5 Å². The maximum Gasteiger partial charge on any atom is 0.376 e. The standard InChI is InChI=1S/C13H10N2O4S/c16-9(6-10(17)13(18)19)12-11(7-14-15-12)20-8-4-2-1-3-5-8/h1-7,16H,(H,14,15)(H,18,19). The minimum atomic E-state index is -1.63. The summed E-state index contributed by atoms with van der Waals surface area (Å²) in [5.41, 5.74) is 0.202. The predicted molar refractivity (Wildman–Crippen MR) is 72.4 cm³/mol. The summed E-state index contributed by atoms with van der Waals surface area (Å²) in [7, 11) is 0. The van der Waals surface area contributed by atoms with E-state index in [-0.39, 0.29) is 5.69 Å². The molecule has 1 heterocycles. The number of carboxylic acids is 1. The van der Waals surface area contributed by atoms with Crippen LogP contribution in [0.4, 0.5) is 0 Å². The van der Waals surface area contributed by atoms with Gasteiger partial charge in [-0.1, -0.05) is 30.0 Å². The van der Waals surface area contributed by atoms with Gasteiger partial charge in [-0.15, -0.1) is 0 Å². The van der Waals surface area contributed by atoms with Crippen LogP contribution in [0.1, 0.15) is 5.69 Å². The van der Waals surface area contributed by atoms with Gasteiger partial charge in [0.25, 0.3) is 5.78 Å². The zero-order valence-corrected chi connectivity index (χ0v) is 10.9. The lowest BCUT2D eigenvalue weighted by molar-refractivity contribution is -0.146. The number of nitrogens with one attached hydrogen (secondary N) is 1. The first kappa shape index (κ1) is 13.9. The fourth-order valence-corrected chi connectivity index (χ4v) is 2.31. The highest BCUT2D eigenvalue weighted by Crippen LogP contribution is 2.31. The van der Waals surface area contributed by atoms with Gasteiger partial charge >= 0.3 is 5.97 Å². The highest BCUT2D eigenvalue weighted by molar-refractivity contribution is 7.99. The number of hydrogen-bond acceptors (Lipinski definition) is 5. The molecule has 6 nitrogen and oxygen atoms in total. The molecule has 0 saturated heterocycles. The summed E-state index contributed by atoms with van der Waals surface area (Å²) in [5, 5.41) is 24.6. The number of hydrogen-bond donors (Lipinski definition) is 3. The van der Waals surface area contributed by atoms with E-state index in [2.05, 4.69) is 10.2 Å². The van der Waals surface area contributed by atoms with Crippen LogP contribution in [0.3, 0.4) is 0 Å². The maximum atomic E-state index is 11.0. The number of aromatic nitrogens is 2. The summed E-state index contributed by atoms with van der Waals surface area (Å²) in [5.74, 6) is -3.30. The number of benzene rings is 1. The lowest BCUT2D eigenvalue weighted by atomic mass is 10.3. The number of aliphatic hydroxyl groups excluding tert-OH is 1. The molecule has 3 N–H and O–H groups in total. The van der Waals surface area contributed by atoms with Crippen molar-refractivity contribution in [3.63, 3.8) is 0 Å². The third-order valence-electron chi connectivity index (χ3n) is 2.31. The monoisotopic (exact) mass is 290 g/mol. The Morgan fingerprint density at radius 2 is 1.90 bits per heavy atom. The third-order valence-corrected chi connectivity index (χ3v) is 3.35. The molecule has 2 rings (SSSR count). The van der Waals surface area contributed by atoms with E-state index in [9.17, 15) is 14.7 Å². The number of rotatable bonds is 5. The van der Waals surface area contributed by atoms with Crippen LogP contribution in [0.25, 0.3) is 5.76 Å². The van der Waals surface area contributed by atoms with Gasteiger partial charge in [0.15, 0.2) is 0 Å². The number of carboxylic acid groups (broad SMARTS) is 1. The number of aliphatic carboxylic acids is 1. The molecule has 20 heavy (non-hydrogen) atoms. The Hall–Kier alpha value is -2.54. The molecule has 1 aromatic carbocycles. The molecule has 0 fully saturated rings. The molecule has 0 aliphatic rings. The van der Waals surface area contributed by atoms with Gasteiger partial charge in [0.2, 0.25) is 0 Å². The van der Waals surface area contributed by atoms with E-state index < -0.39 is 17.5 Å². The molecule has 0 atom stereocenters. The molecule has 0 amide bonds. The van der Waals surface area contributed by atoms with Crippen LogP contribution in [-0.2, 0) is 9.59 Å². The number of carbonyl (C=O) groups excluding carboxylic acids is 1. The van der Waals surface area contributed by atoms with Crippen LogP contribution in [0, 0.1) is 0 Å². The van der Waals surface area contributed by atoms with Gasteiger partial charge in [0, 0.05) is 11.0 Å². The predicted octanol–water partition coefficient (Wildman–Crippen LogP) is 2.11. The van der Waals surface area contributed by atoms with E-state index >= 15 is 0 Å². The molecule has 0 spiro atoms. The topological polar surface area (TPSA) is 103 Å². The molecule has 0 unspecified atom stereocenters. The molecule has 102 valence electrons. The lowest BCUT2D eigenvalue weighted by Gasteiger charge is -2.02. The SMILES string of the molecule is O=C(O)C(=O)C=C(O)c1[nH]ncc1Sc1ccccc1. The van der Waals surface area contributed by atoms with E-state index in [0.29, 0.717) is 11.0 Å². The molecule has 0 bridgehead atoms. The molecule has 0 aliphatic heterocycles. The largest absolute Gasteiger partial charge is 0.506 e. The van der Waals surface area contributed by atoms with Crippen molar-refractivity contribution in [3.8, 4) is 0 Å². The molecular formula is C13H10N2O4S. The van der Waals surface area contributed by atoms with Gasteiger partial charge < -0.3 is 10.2 Å². The fourth-order valence-electron chi connectivity index (χ4n) is 1.41. The van der Waals surface area contributed by atoms with Gasteiger partial charge in [-0.05, 0) is 12.1 Å². The van der Waals surface area contributed by atoms with Crippen LogP contribution < -0.4 is 0 Å². The van der Waals surface area contributed by atoms with Crippen LogP contribution in [0.15, 0.2) is 52.4 Å². The van der Waals surface area contributed by atoms with E-state index in [1.54, 1.807) is 0 Å². The summed E-state index contributed by atoms with van der Waals surface area (Å²) in [6.45, 7) is 0. The second kappa shape index (κ2) is 6.07. The zero-order valence-electron chi connectivity index (χ0n) is 10.1. The molecule has 0 aliphatic carbocycles. The number of aromatic amines is 1. The molecule has 7 heteroatoms. The van der Waals surface area contributed by atoms with E-state index in [4.69, 9.17) is 5.11 Å². The van der Waals surface area contributed by atoms with Gasteiger partial charge in [-0.2, -0.15) is 5.10 Å². The van der Waals surface area contributed by atoms with Crippen LogP contribution in [0.5, 0.6) is 0 Å². The van der Waals surface area contributed by atoms with Gasteiger partial charge in [0.05, 0.1) is 11.1 Å². The number of carbonyl (C=O) groups is 2. The Bertz CT molecular complexity index is 664. The molecular weight excluding hydrogens is 280 g/mol.